The summed E-state index contributed by atoms with van der Waals surface area (Å²) in [6, 6.07) is 15.4. The molecule has 0 aromatic heterocycles. The van der Waals surface area contributed by atoms with Gasteiger partial charge in [0.2, 0.25) is 0 Å². The van der Waals surface area contributed by atoms with Crippen molar-refractivity contribution in [3.63, 3.8) is 0 Å². The van der Waals surface area contributed by atoms with Gasteiger partial charge in [0, 0.05) is 6.42 Å². The zero-order chi connectivity index (χ0) is 12.8. The predicted octanol–water partition coefficient (Wildman–Crippen LogP) is 3.82. The molecule has 2 aromatic carbocycles. The molecule has 2 aromatic rings. The molecule has 0 saturated heterocycles. The first-order valence-electron chi connectivity index (χ1n) is 6.63. The minimum absolute atomic E-state index is 0.274. The summed E-state index contributed by atoms with van der Waals surface area (Å²) in [5.41, 5.74) is 1.71. The molecule has 1 heteroatoms. The topological polar surface area (TPSA) is 3.01 Å². The van der Waals surface area contributed by atoms with Crippen LogP contribution >= 0.6 is 0 Å². The molecule has 1 aliphatic rings. The number of benzene rings is 2. The summed E-state index contributed by atoms with van der Waals surface area (Å²) in [5.74, 6) is 0.551. The van der Waals surface area contributed by atoms with E-state index in [4.69, 9.17) is 0 Å². The fourth-order valence-electron chi connectivity index (χ4n) is 2.85. The van der Waals surface area contributed by atoms with E-state index in [1.54, 1.807) is 0 Å². The van der Waals surface area contributed by atoms with E-state index in [-0.39, 0.29) is 5.54 Å². The van der Waals surface area contributed by atoms with Crippen LogP contribution in [0, 0.1) is 0 Å². The van der Waals surface area contributed by atoms with Crippen LogP contribution in [0.25, 0.3) is 10.8 Å². The summed E-state index contributed by atoms with van der Waals surface area (Å²) >= 11 is 0. The van der Waals surface area contributed by atoms with Crippen LogP contribution < -0.4 is 0 Å². The van der Waals surface area contributed by atoms with Gasteiger partial charge in [0.15, 0.2) is 5.54 Å². The van der Waals surface area contributed by atoms with E-state index in [0.717, 1.165) is 0 Å². The molecule has 1 nitrogen and oxygen atoms in total. The summed E-state index contributed by atoms with van der Waals surface area (Å²) in [4.78, 5) is 0. The molecular weight excluding hydrogens is 218 g/mol. The van der Waals surface area contributed by atoms with E-state index in [1.807, 2.05) is 0 Å². The maximum absolute atomic E-state index is 2.37. The predicted molar refractivity (Wildman–Crippen MR) is 77.6 cm³/mol. The molecule has 1 atom stereocenters. The molecule has 18 heavy (non-hydrogen) atoms. The minimum Gasteiger partial charge on any atom is -0.237 e. The van der Waals surface area contributed by atoms with Crippen LogP contribution in [-0.4, -0.2) is 23.4 Å². The third kappa shape index (κ3) is 1.84. The van der Waals surface area contributed by atoms with Crippen molar-refractivity contribution in [2.24, 2.45) is 0 Å². The quantitative estimate of drug-likeness (QED) is 0.664. The lowest BCUT2D eigenvalue weighted by molar-refractivity contribution is -0.562. The van der Waals surface area contributed by atoms with Gasteiger partial charge in [0.25, 0.3) is 0 Å². The molecule has 0 saturated carbocycles. The Balaban J connectivity index is 2.01. The number of hydrogen-bond acceptors (Lipinski definition) is 0. The molecule has 0 radical (unpaired) electrons. The molecule has 0 amide bonds. The van der Waals surface area contributed by atoms with E-state index in [1.165, 1.54) is 22.8 Å². The van der Waals surface area contributed by atoms with Crippen molar-refractivity contribution < 1.29 is 4.58 Å². The van der Waals surface area contributed by atoms with Gasteiger partial charge in [-0.05, 0) is 30.2 Å². The zero-order valence-electron chi connectivity index (χ0n) is 11.4. The van der Waals surface area contributed by atoms with E-state index < -0.39 is 0 Å². The molecule has 1 heterocycles. The molecular formula is C17H20N+. The van der Waals surface area contributed by atoms with Crippen LogP contribution in [0.2, 0.25) is 0 Å². The Kier molecular flexibility index (Phi) is 2.51. The highest BCUT2D eigenvalue weighted by Gasteiger charge is 2.38. The monoisotopic (exact) mass is 238 g/mol. The molecule has 0 N–H and O–H groups in total. The molecule has 1 aliphatic heterocycles. The molecule has 1 unspecified atom stereocenters. The van der Waals surface area contributed by atoms with Gasteiger partial charge in [0.05, 0.1) is 5.92 Å². The number of hydrogen-bond donors (Lipinski definition) is 0. The Labute approximate surface area is 109 Å². The normalized spacial score (nSPS) is 22.2. The fourth-order valence-corrected chi connectivity index (χ4v) is 2.85. The van der Waals surface area contributed by atoms with Crippen molar-refractivity contribution in [1.29, 1.82) is 0 Å². The van der Waals surface area contributed by atoms with Crippen molar-refractivity contribution in [3.05, 3.63) is 48.0 Å². The highest BCUT2D eigenvalue weighted by atomic mass is 15.1. The Morgan fingerprint density at radius 2 is 1.78 bits per heavy atom. The van der Waals surface area contributed by atoms with E-state index in [0.29, 0.717) is 5.92 Å². The number of fused-ring (bicyclic) bond motifs is 1. The molecule has 0 fully saturated rings. The molecule has 0 spiro atoms. The van der Waals surface area contributed by atoms with Gasteiger partial charge in [0.1, 0.15) is 13.3 Å². The molecule has 92 valence electrons. The fraction of sp³-hybridized carbons (Fsp3) is 0.353. The first kappa shape index (κ1) is 11.5. The van der Waals surface area contributed by atoms with Crippen molar-refractivity contribution in [2.75, 3.05) is 7.05 Å². The smallest absolute Gasteiger partial charge is 0.157 e. The van der Waals surface area contributed by atoms with Gasteiger partial charge < -0.3 is 0 Å². The van der Waals surface area contributed by atoms with Gasteiger partial charge in [-0.2, -0.15) is 0 Å². The lowest BCUT2D eigenvalue weighted by Crippen LogP contribution is -2.28. The van der Waals surface area contributed by atoms with Crippen LogP contribution in [0.3, 0.4) is 0 Å². The highest BCUT2D eigenvalue weighted by Crippen LogP contribution is 2.32. The van der Waals surface area contributed by atoms with Gasteiger partial charge in [-0.25, -0.2) is 4.58 Å². The average molecular weight is 238 g/mol. The summed E-state index contributed by atoms with van der Waals surface area (Å²) < 4.78 is 2.35. The minimum atomic E-state index is 0.274. The summed E-state index contributed by atoms with van der Waals surface area (Å²) in [7, 11) is 2.18. The Morgan fingerprint density at radius 1 is 1.06 bits per heavy atom. The van der Waals surface area contributed by atoms with Crippen molar-refractivity contribution >= 4 is 17.0 Å². The summed E-state index contributed by atoms with van der Waals surface area (Å²) in [6.07, 6.45) is 3.56. The third-order valence-corrected chi connectivity index (χ3v) is 4.28. The number of nitrogens with zero attached hydrogens (tertiary/aromatic N) is 1. The zero-order valence-corrected chi connectivity index (χ0v) is 11.4. The van der Waals surface area contributed by atoms with Crippen LogP contribution in [-0.2, 0) is 0 Å². The van der Waals surface area contributed by atoms with Crippen LogP contribution in [0.15, 0.2) is 42.5 Å². The van der Waals surface area contributed by atoms with E-state index in [2.05, 4.69) is 74.1 Å². The maximum Gasteiger partial charge on any atom is 0.157 e. The first-order valence-corrected chi connectivity index (χ1v) is 6.63. The largest absolute Gasteiger partial charge is 0.237 e. The SMILES string of the molecule is C[N+]1=CC(c2ccc3ccccc3c2)CC1(C)C. The third-order valence-electron chi connectivity index (χ3n) is 4.28. The van der Waals surface area contributed by atoms with Crippen molar-refractivity contribution in [3.8, 4) is 0 Å². The van der Waals surface area contributed by atoms with Crippen molar-refractivity contribution in [1.82, 2.24) is 0 Å². The standard InChI is InChI=1S/C17H20N/c1-17(2)11-16(12-18(17)3)15-9-8-13-6-4-5-7-14(13)10-15/h4-10,12,16H,11H2,1-3H3/q+1. The van der Waals surface area contributed by atoms with E-state index >= 15 is 0 Å². The van der Waals surface area contributed by atoms with Gasteiger partial charge in [-0.1, -0.05) is 42.5 Å². The number of rotatable bonds is 1. The van der Waals surface area contributed by atoms with Gasteiger partial charge in [-0.3, -0.25) is 0 Å². The molecule has 0 aliphatic carbocycles. The highest BCUT2D eigenvalue weighted by molar-refractivity contribution is 5.84. The second-order valence-electron chi connectivity index (χ2n) is 5.99. The van der Waals surface area contributed by atoms with E-state index in [9.17, 15) is 0 Å². The second kappa shape index (κ2) is 3.94. The van der Waals surface area contributed by atoms with Crippen LogP contribution in [0.1, 0.15) is 31.7 Å². The van der Waals surface area contributed by atoms with Crippen LogP contribution in [0.4, 0.5) is 0 Å². The second-order valence-corrected chi connectivity index (χ2v) is 5.99. The Morgan fingerprint density at radius 3 is 2.44 bits per heavy atom. The Bertz CT molecular complexity index is 622. The summed E-state index contributed by atoms with van der Waals surface area (Å²) in [5, 5.41) is 2.67. The Hall–Kier alpha value is -1.63. The lowest BCUT2D eigenvalue weighted by atomic mass is 9.89. The van der Waals surface area contributed by atoms with Gasteiger partial charge >= 0.3 is 0 Å². The van der Waals surface area contributed by atoms with Gasteiger partial charge in [-0.15, -0.1) is 0 Å². The summed E-state index contributed by atoms with van der Waals surface area (Å²) in [6.45, 7) is 4.62. The lowest BCUT2D eigenvalue weighted by Gasteiger charge is -2.14. The van der Waals surface area contributed by atoms with Crippen LogP contribution in [0.5, 0.6) is 0 Å². The molecule has 0 bridgehead atoms. The maximum atomic E-state index is 2.37. The first-order chi connectivity index (χ1) is 8.56. The molecule has 3 rings (SSSR count). The average Bonchev–Trinajstić information content (AvgIpc) is 2.63. The van der Waals surface area contributed by atoms with Crippen molar-refractivity contribution in [2.45, 2.75) is 31.7 Å².